The Morgan fingerprint density at radius 2 is 0.444 bits per heavy atom. The smallest absolute Gasteiger partial charge is 0.656 e. The molecule has 0 amide bonds. The van der Waals surface area contributed by atoms with Crippen molar-refractivity contribution in [3.63, 3.8) is 0 Å². The molecule has 5 saturated heterocycles. The fourth-order valence-corrected chi connectivity index (χ4v) is 11.6. The predicted octanol–water partition coefficient (Wildman–Crippen LogP) is 11.7. The minimum atomic E-state index is 0. The van der Waals surface area contributed by atoms with Crippen LogP contribution in [0.1, 0.15) is 132 Å². The van der Waals surface area contributed by atoms with E-state index in [1.807, 2.05) is 0 Å². The zero-order valence-electron chi connectivity index (χ0n) is 30.2. The Balaban J connectivity index is 0.00000136. The summed E-state index contributed by atoms with van der Waals surface area (Å²) in [5.74, 6) is 5.87. The van der Waals surface area contributed by atoms with E-state index in [1.165, 1.54) is 77.0 Å². The molecule has 0 radical (unpaired) electrons. The molecule has 5 fully saturated rings. The van der Waals surface area contributed by atoms with Gasteiger partial charge < -0.3 is 46.5 Å². The van der Waals surface area contributed by atoms with Gasteiger partial charge >= 0.3 is 17.1 Å². The average molecular weight is 703 g/mol. The average Bonchev–Trinajstić information content (AvgIpc) is 3.77. The van der Waals surface area contributed by atoms with Gasteiger partial charge in [-0.1, -0.05) is 180 Å². The zero-order valence-corrected chi connectivity index (χ0v) is 33.1. The van der Waals surface area contributed by atoms with Gasteiger partial charge in [-0.2, -0.15) is 0 Å². The molecule has 5 rings (SSSR count). The van der Waals surface area contributed by atoms with E-state index in [9.17, 15) is 0 Å². The van der Waals surface area contributed by atoms with Crippen LogP contribution < -0.4 is 0 Å². The van der Waals surface area contributed by atoms with Crippen molar-refractivity contribution < 1.29 is 17.1 Å². The van der Waals surface area contributed by atoms with Gasteiger partial charge in [-0.3, -0.25) is 12.5 Å². The first-order valence-corrected chi connectivity index (χ1v) is 20.2. The van der Waals surface area contributed by atoms with Crippen LogP contribution in [-0.4, -0.2) is 48.3 Å². The topological polar surface area (TPSA) is 56.4 Å². The first-order valence-electron chi connectivity index (χ1n) is 18.9. The molecule has 5 heterocycles. The monoisotopic (exact) mass is 702 g/mol. The summed E-state index contributed by atoms with van der Waals surface area (Å²) in [6.45, 7) is 19.5. The standard InChI is InChI=1S/C36H64N4.2CH3S.Fe/c1-9-21-22(10-2)30-18-32-25(13-5)26(14-6)34(39-32)20-36-28(16-8)27(15-7)35(40-36)19-33-24(12-4)23(11-3)31(38-33)17-29(21)37-30;2*1-2;/h21-36H,9-20H2,1-8H3;2*2H,1H2;/q-4;2*-1;+6. The molecule has 5 aliphatic rings. The van der Waals surface area contributed by atoms with Crippen molar-refractivity contribution in [1.82, 2.24) is 0 Å². The van der Waals surface area contributed by atoms with E-state index in [0.29, 0.717) is 48.3 Å². The Hall–Kier alpha value is 1.06. The molecule has 0 aromatic heterocycles. The van der Waals surface area contributed by atoms with Crippen LogP contribution >= 0.6 is 25.3 Å². The van der Waals surface area contributed by atoms with E-state index in [-0.39, 0.29) is 17.1 Å². The molecule has 0 aromatic carbocycles. The molecule has 0 spiro atoms. The third-order valence-electron chi connectivity index (χ3n) is 13.4. The Morgan fingerprint density at radius 3 is 0.533 bits per heavy atom. The van der Waals surface area contributed by atoms with Crippen molar-refractivity contribution in [2.75, 3.05) is 0 Å². The molecular weight excluding hydrogens is 632 g/mol. The molecule has 4 nitrogen and oxygen atoms in total. The number of fused-ring (bicyclic) bond motifs is 8. The summed E-state index contributed by atoms with van der Waals surface area (Å²) in [6.07, 6.45) is 20.9. The van der Waals surface area contributed by atoms with E-state index >= 15 is 0 Å². The van der Waals surface area contributed by atoms with Crippen molar-refractivity contribution in [1.29, 1.82) is 0 Å². The van der Waals surface area contributed by atoms with Crippen molar-refractivity contribution in [3.8, 4) is 0 Å². The summed E-state index contributed by atoms with van der Waals surface area (Å²) in [7, 11) is 0. The third-order valence-corrected chi connectivity index (χ3v) is 13.4. The number of hydrogen-bond acceptors (Lipinski definition) is 2. The molecular formula is C38H70FeN4S2. The van der Waals surface area contributed by atoms with E-state index in [2.05, 4.69) is 93.2 Å². The molecule has 0 saturated carbocycles. The van der Waals surface area contributed by atoms with Crippen molar-refractivity contribution in [3.05, 3.63) is 33.8 Å². The van der Waals surface area contributed by atoms with Crippen LogP contribution in [0.3, 0.4) is 0 Å². The van der Waals surface area contributed by atoms with E-state index in [0.717, 1.165) is 47.3 Å². The molecule has 0 aliphatic carbocycles. The normalized spacial score (nSPS) is 45.6. The minimum absolute atomic E-state index is 0. The summed E-state index contributed by atoms with van der Waals surface area (Å²) in [5.41, 5.74) is 0. The number of rotatable bonds is 8. The predicted molar refractivity (Wildman–Crippen MR) is 201 cm³/mol. The van der Waals surface area contributed by atoms with E-state index < -0.39 is 0 Å². The quantitative estimate of drug-likeness (QED) is 0.144. The van der Waals surface area contributed by atoms with Gasteiger partial charge in [0.15, 0.2) is 0 Å². The maximum Gasteiger partial charge on any atom is 6.00 e. The summed E-state index contributed by atoms with van der Waals surface area (Å²) in [4.78, 5) is 0. The van der Waals surface area contributed by atoms with Gasteiger partial charge in [0.1, 0.15) is 0 Å². The summed E-state index contributed by atoms with van der Waals surface area (Å²) in [5, 5.41) is 23.0. The second-order valence-electron chi connectivity index (χ2n) is 14.7. The van der Waals surface area contributed by atoms with E-state index in [1.54, 1.807) is 0 Å². The first kappa shape index (κ1) is 42.2. The minimum Gasteiger partial charge on any atom is -0.656 e. The summed E-state index contributed by atoms with van der Waals surface area (Å²) >= 11 is 6.56. The van der Waals surface area contributed by atoms with Gasteiger partial charge in [-0.05, 0) is 0 Å². The van der Waals surface area contributed by atoms with Gasteiger partial charge in [0.25, 0.3) is 0 Å². The maximum absolute atomic E-state index is 5.75. The Bertz CT molecular complexity index is 622. The van der Waals surface area contributed by atoms with Crippen LogP contribution in [0, 0.1) is 59.9 Å². The van der Waals surface area contributed by atoms with E-state index in [4.69, 9.17) is 21.3 Å². The van der Waals surface area contributed by atoms with Gasteiger partial charge in [-0.25, -0.2) is 0 Å². The molecule has 0 aromatic rings. The molecule has 45 heavy (non-hydrogen) atoms. The summed E-state index contributed by atoms with van der Waals surface area (Å²) < 4.78 is 0. The Morgan fingerprint density at radius 1 is 0.333 bits per heavy atom. The zero-order chi connectivity index (χ0) is 32.6. The molecule has 8 bridgehead atoms. The molecule has 16 unspecified atom stereocenters. The van der Waals surface area contributed by atoms with Crippen LogP contribution in [0.15, 0.2) is 0 Å². The third kappa shape index (κ3) is 8.87. The van der Waals surface area contributed by atoms with Gasteiger partial charge in [0.2, 0.25) is 0 Å². The number of thiol groups is 2. The van der Waals surface area contributed by atoms with Crippen LogP contribution in [0.4, 0.5) is 0 Å². The van der Waals surface area contributed by atoms with Crippen molar-refractivity contribution in [2.24, 2.45) is 47.3 Å². The fraction of sp³-hybridized carbons (Fsp3) is 0.947. The second-order valence-corrected chi connectivity index (χ2v) is 14.7. The maximum atomic E-state index is 5.75. The van der Waals surface area contributed by atoms with Crippen LogP contribution in [0.5, 0.6) is 0 Å². The molecule has 16 atom stereocenters. The van der Waals surface area contributed by atoms with Gasteiger partial charge in [-0.15, -0.1) is 48.3 Å². The SMILES string of the molecule is CCC1C2CC3[N-]C(CC4[N-]C(CC5[N-]C(CC([N-]2)C1CC)C(CC)C5CC)C(CC)C4CC)C(CC)C3CC.[CH2-]S.[CH2-]S.[Fe+6]. The van der Waals surface area contributed by atoms with Crippen molar-refractivity contribution in [2.45, 2.75) is 181 Å². The molecule has 5 aliphatic heterocycles. The summed E-state index contributed by atoms with van der Waals surface area (Å²) in [6, 6.07) is 4.00. The second kappa shape index (κ2) is 20.7. The molecule has 262 valence electrons. The van der Waals surface area contributed by atoms with Crippen LogP contribution in [-0.2, 0) is 17.1 Å². The van der Waals surface area contributed by atoms with Crippen molar-refractivity contribution >= 4 is 25.3 Å². The number of nitrogens with zero attached hydrogens (tertiary/aromatic N) is 4. The molecule has 7 heteroatoms. The molecule has 0 N–H and O–H groups in total. The fourth-order valence-electron chi connectivity index (χ4n) is 11.6. The van der Waals surface area contributed by atoms with Gasteiger partial charge in [0, 0.05) is 0 Å². The Labute approximate surface area is 302 Å². The number of hydrogen-bond donors (Lipinski definition) is 2. The van der Waals surface area contributed by atoms with Crippen LogP contribution in [0.25, 0.3) is 21.3 Å². The Kier molecular flexibility index (Phi) is 19.4. The van der Waals surface area contributed by atoms with Gasteiger partial charge in [0.05, 0.1) is 0 Å². The van der Waals surface area contributed by atoms with Crippen LogP contribution in [0.2, 0.25) is 0 Å². The first-order chi connectivity index (χ1) is 21.5. The largest absolute Gasteiger partial charge is 6.00 e.